The average molecular weight is 225 g/mol. The van der Waals surface area contributed by atoms with Crippen molar-refractivity contribution in [3.05, 3.63) is 0 Å². The van der Waals surface area contributed by atoms with Crippen molar-refractivity contribution in [1.29, 1.82) is 0 Å². The summed E-state index contributed by atoms with van der Waals surface area (Å²) in [5.74, 6) is 0. The molecule has 0 aliphatic heterocycles. The van der Waals surface area contributed by atoms with E-state index in [1.54, 1.807) is 0 Å². The van der Waals surface area contributed by atoms with Crippen molar-refractivity contribution in [2.75, 3.05) is 5.33 Å². The molecule has 0 aliphatic carbocycles. The standard InChI is InChI=1S/C9H19Br.H2O/c1-2-3-4-5-6-7-8-9-10;/h2-9H2,1H3;1H2. The molecule has 0 bridgehead atoms. The van der Waals surface area contributed by atoms with E-state index in [0.717, 1.165) is 0 Å². The molecule has 1 nitrogen and oxygen atoms in total. The topological polar surface area (TPSA) is 31.5 Å². The van der Waals surface area contributed by atoms with E-state index in [9.17, 15) is 0 Å². The molecule has 0 heterocycles. The zero-order valence-electron chi connectivity index (χ0n) is 7.53. The average Bonchev–Trinajstić information content (AvgIpc) is 1.97. The van der Waals surface area contributed by atoms with Crippen molar-refractivity contribution in [3.8, 4) is 0 Å². The number of hydrogen-bond acceptors (Lipinski definition) is 0. The van der Waals surface area contributed by atoms with Crippen LogP contribution in [0.15, 0.2) is 0 Å². The van der Waals surface area contributed by atoms with Gasteiger partial charge in [-0.15, -0.1) is 0 Å². The molecule has 0 aromatic heterocycles. The molecule has 0 aromatic rings. The van der Waals surface area contributed by atoms with Crippen LogP contribution in [0.1, 0.15) is 51.9 Å². The lowest BCUT2D eigenvalue weighted by Gasteiger charge is -1.97. The third-order valence-electron chi connectivity index (χ3n) is 1.74. The lowest BCUT2D eigenvalue weighted by molar-refractivity contribution is 0.604. The summed E-state index contributed by atoms with van der Waals surface area (Å²) in [5.41, 5.74) is 0. The van der Waals surface area contributed by atoms with Crippen molar-refractivity contribution in [1.82, 2.24) is 0 Å². The van der Waals surface area contributed by atoms with Crippen LogP contribution >= 0.6 is 15.9 Å². The van der Waals surface area contributed by atoms with E-state index >= 15 is 0 Å². The Morgan fingerprint density at radius 2 is 1.27 bits per heavy atom. The van der Waals surface area contributed by atoms with E-state index in [0.29, 0.717) is 0 Å². The van der Waals surface area contributed by atoms with Gasteiger partial charge in [0.05, 0.1) is 0 Å². The maximum absolute atomic E-state index is 3.43. The summed E-state index contributed by atoms with van der Waals surface area (Å²) in [4.78, 5) is 0. The Hall–Kier alpha value is 0.440. The van der Waals surface area contributed by atoms with E-state index in [2.05, 4.69) is 22.9 Å². The van der Waals surface area contributed by atoms with Crippen LogP contribution in [-0.2, 0) is 0 Å². The Balaban J connectivity index is 0. The van der Waals surface area contributed by atoms with Crippen molar-refractivity contribution >= 4 is 15.9 Å². The summed E-state index contributed by atoms with van der Waals surface area (Å²) >= 11 is 3.43. The van der Waals surface area contributed by atoms with Gasteiger partial charge in [-0.2, -0.15) is 0 Å². The van der Waals surface area contributed by atoms with Gasteiger partial charge < -0.3 is 5.48 Å². The summed E-state index contributed by atoms with van der Waals surface area (Å²) < 4.78 is 0. The SMILES string of the molecule is CCCCCCCCCBr.O. The van der Waals surface area contributed by atoms with Gasteiger partial charge in [0.25, 0.3) is 0 Å². The summed E-state index contributed by atoms with van der Waals surface area (Å²) in [6.07, 6.45) is 9.87. The molecule has 70 valence electrons. The Labute approximate surface area is 79.0 Å². The van der Waals surface area contributed by atoms with E-state index in [-0.39, 0.29) is 5.48 Å². The van der Waals surface area contributed by atoms with Crippen LogP contribution in [-0.4, -0.2) is 10.8 Å². The van der Waals surface area contributed by atoms with Crippen LogP contribution < -0.4 is 0 Å². The molecule has 2 heteroatoms. The van der Waals surface area contributed by atoms with Crippen LogP contribution in [0.2, 0.25) is 0 Å². The van der Waals surface area contributed by atoms with Gasteiger partial charge in [0.2, 0.25) is 0 Å². The van der Waals surface area contributed by atoms with Gasteiger partial charge in [-0.05, 0) is 6.42 Å². The smallest absolute Gasteiger partial charge is 0.00313 e. The van der Waals surface area contributed by atoms with Crippen molar-refractivity contribution in [3.63, 3.8) is 0 Å². The minimum absolute atomic E-state index is 0. The van der Waals surface area contributed by atoms with Crippen molar-refractivity contribution in [2.24, 2.45) is 0 Å². The molecule has 0 fully saturated rings. The molecular formula is C9H21BrO. The van der Waals surface area contributed by atoms with Gasteiger partial charge in [-0.3, -0.25) is 0 Å². The molecule has 0 rings (SSSR count). The zero-order chi connectivity index (χ0) is 7.66. The Kier molecular flexibility index (Phi) is 16.6. The van der Waals surface area contributed by atoms with Gasteiger partial charge in [0, 0.05) is 5.33 Å². The van der Waals surface area contributed by atoms with Gasteiger partial charge in [-0.25, -0.2) is 0 Å². The first-order valence-corrected chi connectivity index (χ1v) is 5.60. The van der Waals surface area contributed by atoms with Crippen LogP contribution in [0, 0.1) is 0 Å². The molecule has 0 spiro atoms. The molecule has 11 heavy (non-hydrogen) atoms. The second kappa shape index (κ2) is 13.1. The summed E-state index contributed by atoms with van der Waals surface area (Å²) in [6, 6.07) is 0. The van der Waals surface area contributed by atoms with E-state index in [1.165, 1.54) is 50.3 Å². The fourth-order valence-corrected chi connectivity index (χ4v) is 1.45. The highest BCUT2D eigenvalue weighted by Crippen LogP contribution is 2.07. The normalized spacial score (nSPS) is 9.27. The predicted octanol–water partition coefficient (Wildman–Crippen LogP) is 3.31. The minimum atomic E-state index is 0. The Bertz CT molecular complexity index is 49.5. The lowest BCUT2D eigenvalue weighted by atomic mass is 10.1. The Morgan fingerprint density at radius 1 is 0.818 bits per heavy atom. The third kappa shape index (κ3) is 13.4. The maximum Gasteiger partial charge on any atom is 0.00313 e. The largest absolute Gasteiger partial charge is 0.412 e. The molecular weight excluding hydrogens is 204 g/mol. The molecule has 0 saturated carbocycles. The van der Waals surface area contributed by atoms with Gasteiger partial charge in [0.15, 0.2) is 0 Å². The molecule has 0 aliphatic rings. The van der Waals surface area contributed by atoms with Gasteiger partial charge in [0.1, 0.15) is 0 Å². The number of rotatable bonds is 7. The molecule has 0 saturated heterocycles. The highest BCUT2D eigenvalue weighted by atomic mass is 79.9. The lowest BCUT2D eigenvalue weighted by Crippen LogP contribution is -1.79. The van der Waals surface area contributed by atoms with Crippen molar-refractivity contribution < 1.29 is 5.48 Å². The van der Waals surface area contributed by atoms with Crippen molar-refractivity contribution in [2.45, 2.75) is 51.9 Å². The molecule has 0 aromatic carbocycles. The second-order valence-electron chi connectivity index (χ2n) is 2.81. The zero-order valence-corrected chi connectivity index (χ0v) is 9.12. The number of halogens is 1. The number of unbranched alkanes of at least 4 members (excludes halogenated alkanes) is 6. The number of hydrogen-bond donors (Lipinski definition) is 0. The fourth-order valence-electron chi connectivity index (χ4n) is 1.05. The molecule has 0 atom stereocenters. The highest BCUT2D eigenvalue weighted by molar-refractivity contribution is 9.09. The first-order chi connectivity index (χ1) is 4.91. The summed E-state index contributed by atoms with van der Waals surface area (Å²) in [6.45, 7) is 2.26. The first-order valence-electron chi connectivity index (χ1n) is 4.47. The van der Waals surface area contributed by atoms with E-state index in [1.807, 2.05) is 0 Å². The van der Waals surface area contributed by atoms with Crippen LogP contribution in [0.25, 0.3) is 0 Å². The van der Waals surface area contributed by atoms with Gasteiger partial charge >= 0.3 is 0 Å². The Morgan fingerprint density at radius 3 is 1.73 bits per heavy atom. The van der Waals surface area contributed by atoms with Crippen LogP contribution in [0.5, 0.6) is 0 Å². The molecule has 0 unspecified atom stereocenters. The molecule has 2 N–H and O–H groups in total. The monoisotopic (exact) mass is 224 g/mol. The molecule has 0 amide bonds. The van der Waals surface area contributed by atoms with E-state index in [4.69, 9.17) is 0 Å². The quantitative estimate of drug-likeness (QED) is 0.470. The van der Waals surface area contributed by atoms with Crippen LogP contribution in [0.4, 0.5) is 0 Å². The van der Waals surface area contributed by atoms with Gasteiger partial charge in [-0.1, -0.05) is 61.4 Å². The first kappa shape index (κ1) is 14.0. The maximum atomic E-state index is 3.43. The highest BCUT2D eigenvalue weighted by Gasteiger charge is 1.88. The minimum Gasteiger partial charge on any atom is -0.412 e. The number of alkyl halides is 1. The second-order valence-corrected chi connectivity index (χ2v) is 3.60. The summed E-state index contributed by atoms with van der Waals surface area (Å²) in [7, 11) is 0. The predicted molar refractivity (Wildman–Crippen MR) is 55.4 cm³/mol. The fraction of sp³-hybridized carbons (Fsp3) is 1.00. The summed E-state index contributed by atoms with van der Waals surface area (Å²) in [5, 5.41) is 1.18. The molecule has 0 radical (unpaired) electrons. The van der Waals surface area contributed by atoms with Crippen LogP contribution in [0.3, 0.4) is 0 Å². The van der Waals surface area contributed by atoms with E-state index < -0.39 is 0 Å². The third-order valence-corrected chi connectivity index (χ3v) is 2.30.